The zero-order valence-corrected chi connectivity index (χ0v) is 8.25. The maximum atomic E-state index is 10.8. The number of nitrogens with one attached hydrogen (secondary N) is 1. The Morgan fingerprint density at radius 2 is 2.36 bits per heavy atom. The van der Waals surface area contributed by atoms with Crippen molar-refractivity contribution in [3.05, 3.63) is 12.7 Å². The number of amides is 1. The van der Waals surface area contributed by atoms with E-state index in [1.807, 2.05) is 0 Å². The number of carbonyl (C=O) groups is 1. The van der Waals surface area contributed by atoms with Gasteiger partial charge in [-0.1, -0.05) is 6.58 Å². The fraction of sp³-hybridized carbons (Fsp3) is 0.571. The van der Waals surface area contributed by atoms with Gasteiger partial charge in [-0.15, -0.1) is 0 Å². The van der Waals surface area contributed by atoms with E-state index in [0.29, 0.717) is 6.42 Å². The summed E-state index contributed by atoms with van der Waals surface area (Å²) in [7, 11) is -3.86. The molecule has 14 heavy (non-hydrogen) atoms. The van der Waals surface area contributed by atoms with Crippen molar-refractivity contribution in [2.45, 2.75) is 12.5 Å². The first-order valence-electron chi connectivity index (χ1n) is 4.01. The maximum Gasteiger partial charge on any atom is 0.400 e. The van der Waals surface area contributed by atoms with Gasteiger partial charge in [0.25, 0.3) is 0 Å². The van der Waals surface area contributed by atoms with Gasteiger partial charge in [0.2, 0.25) is 5.91 Å². The van der Waals surface area contributed by atoms with E-state index in [9.17, 15) is 13.2 Å². The highest BCUT2D eigenvalue weighted by molar-refractivity contribution is 7.81. The topological polar surface area (TPSA) is 81.7 Å². The highest BCUT2D eigenvalue weighted by Crippen LogP contribution is 2.12. The van der Waals surface area contributed by atoms with Crippen LogP contribution in [0.25, 0.3) is 0 Å². The van der Waals surface area contributed by atoms with Crippen LogP contribution in [0.2, 0.25) is 0 Å². The molecular formula is C7H11NO5S. The fourth-order valence-corrected chi connectivity index (χ4v) is 1.80. The second-order valence-electron chi connectivity index (χ2n) is 2.69. The predicted molar refractivity (Wildman–Crippen MR) is 47.6 cm³/mol. The molecule has 0 aliphatic carbocycles. The normalized spacial score (nSPS) is 25.3. The molecule has 0 saturated carbocycles. The minimum atomic E-state index is -3.86. The molecular weight excluding hydrogens is 210 g/mol. The van der Waals surface area contributed by atoms with Gasteiger partial charge in [-0.25, -0.2) is 8.37 Å². The van der Waals surface area contributed by atoms with Crippen molar-refractivity contribution in [1.29, 1.82) is 0 Å². The van der Waals surface area contributed by atoms with Gasteiger partial charge in [0, 0.05) is 13.0 Å². The summed E-state index contributed by atoms with van der Waals surface area (Å²) >= 11 is 0. The molecule has 1 unspecified atom stereocenters. The van der Waals surface area contributed by atoms with Crippen molar-refractivity contribution in [2.75, 3.05) is 13.2 Å². The van der Waals surface area contributed by atoms with Crippen LogP contribution in [-0.4, -0.2) is 33.6 Å². The van der Waals surface area contributed by atoms with Crippen LogP contribution in [0, 0.1) is 0 Å². The van der Waals surface area contributed by atoms with E-state index in [-0.39, 0.29) is 19.1 Å². The van der Waals surface area contributed by atoms with E-state index in [1.54, 1.807) is 0 Å². The van der Waals surface area contributed by atoms with Crippen LogP contribution in [0.4, 0.5) is 0 Å². The van der Waals surface area contributed by atoms with Crippen LogP contribution in [0.1, 0.15) is 6.42 Å². The van der Waals surface area contributed by atoms with E-state index in [1.165, 1.54) is 0 Å². The second-order valence-corrected chi connectivity index (χ2v) is 3.93. The minimum Gasteiger partial charge on any atom is -0.350 e. The molecule has 0 bridgehead atoms. The van der Waals surface area contributed by atoms with Crippen LogP contribution in [0.15, 0.2) is 12.7 Å². The number of rotatable bonds is 3. The van der Waals surface area contributed by atoms with Crippen molar-refractivity contribution in [2.24, 2.45) is 0 Å². The smallest absolute Gasteiger partial charge is 0.350 e. The van der Waals surface area contributed by atoms with Gasteiger partial charge in [-0.05, 0) is 6.08 Å². The molecule has 1 aliphatic heterocycles. The third-order valence-electron chi connectivity index (χ3n) is 1.61. The SMILES string of the molecule is C=CC(=O)NCC1CCOS(=O)(=O)O1. The lowest BCUT2D eigenvalue weighted by molar-refractivity contribution is -0.117. The molecule has 1 heterocycles. The average Bonchev–Trinajstić information content (AvgIpc) is 2.12. The Hall–Kier alpha value is -0.920. The highest BCUT2D eigenvalue weighted by atomic mass is 32.3. The lowest BCUT2D eigenvalue weighted by atomic mass is 10.2. The number of hydrogen-bond donors (Lipinski definition) is 1. The first kappa shape index (κ1) is 11.2. The van der Waals surface area contributed by atoms with Gasteiger partial charge in [-0.2, -0.15) is 8.42 Å². The quantitative estimate of drug-likeness (QED) is 0.640. The summed E-state index contributed by atoms with van der Waals surface area (Å²) in [6.45, 7) is 3.47. The Labute approximate surface area is 82.2 Å². The molecule has 0 aromatic rings. The number of hydrogen-bond acceptors (Lipinski definition) is 5. The number of carbonyl (C=O) groups excluding carboxylic acids is 1. The Kier molecular flexibility index (Phi) is 3.62. The summed E-state index contributed by atoms with van der Waals surface area (Å²) in [5.74, 6) is -0.363. The molecule has 7 heteroatoms. The molecule has 0 aromatic heterocycles. The summed E-state index contributed by atoms with van der Waals surface area (Å²) in [6, 6.07) is 0. The molecule has 0 radical (unpaired) electrons. The van der Waals surface area contributed by atoms with E-state index in [0.717, 1.165) is 6.08 Å². The van der Waals surface area contributed by atoms with Crippen LogP contribution >= 0.6 is 0 Å². The maximum absolute atomic E-state index is 10.8. The van der Waals surface area contributed by atoms with Crippen LogP contribution < -0.4 is 5.32 Å². The van der Waals surface area contributed by atoms with Crippen molar-refractivity contribution >= 4 is 16.3 Å². The van der Waals surface area contributed by atoms with Gasteiger partial charge >= 0.3 is 10.4 Å². The van der Waals surface area contributed by atoms with Crippen molar-refractivity contribution in [3.63, 3.8) is 0 Å². The van der Waals surface area contributed by atoms with Gasteiger partial charge in [-0.3, -0.25) is 4.79 Å². The summed E-state index contributed by atoms with van der Waals surface area (Å²) in [5.41, 5.74) is 0. The van der Waals surface area contributed by atoms with E-state index < -0.39 is 16.5 Å². The van der Waals surface area contributed by atoms with Gasteiger partial charge in [0.1, 0.15) is 0 Å². The Morgan fingerprint density at radius 1 is 1.64 bits per heavy atom. The van der Waals surface area contributed by atoms with Crippen molar-refractivity contribution < 1.29 is 21.6 Å². The molecule has 80 valence electrons. The zero-order valence-electron chi connectivity index (χ0n) is 7.43. The van der Waals surface area contributed by atoms with Gasteiger partial charge in [0.15, 0.2) is 0 Å². The molecule has 1 aliphatic rings. The summed E-state index contributed by atoms with van der Waals surface area (Å²) in [5, 5.41) is 2.44. The molecule has 1 atom stereocenters. The van der Waals surface area contributed by atoms with Crippen molar-refractivity contribution in [3.8, 4) is 0 Å². The van der Waals surface area contributed by atoms with Crippen molar-refractivity contribution in [1.82, 2.24) is 5.32 Å². The van der Waals surface area contributed by atoms with Gasteiger partial charge in [0.05, 0.1) is 12.7 Å². The van der Waals surface area contributed by atoms with Crippen LogP contribution in [0.5, 0.6) is 0 Å². The van der Waals surface area contributed by atoms with Crippen LogP contribution in [0.3, 0.4) is 0 Å². The lowest BCUT2D eigenvalue weighted by Crippen LogP contribution is -2.38. The molecule has 1 amide bonds. The molecule has 6 nitrogen and oxygen atoms in total. The largest absolute Gasteiger partial charge is 0.400 e. The van der Waals surface area contributed by atoms with E-state index in [2.05, 4.69) is 20.3 Å². The second kappa shape index (κ2) is 4.54. The van der Waals surface area contributed by atoms with Crippen LogP contribution in [-0.2, 0) is 23.6 Å². The predicted octanol–water partition coefficient (Wildman–Crippen LogP) is -0.661. The summed E-state index contributed by atoms with van der Waals surface area (Å²) < 4.78 is 30.5. The third-order valence-corrected chi connectivity index (χ3v) is 2.57. The standard InChI is InChI=1S/C7H11NO5S/c1-2-7(9)8-5-6-3-4-12-14(10,11)13-6/h2,6H,1,3-5H2,(H,8,9). The molecule has 1 N–H and O–H groups in total. The Bertz CT molecular complexity index is 323. The fourth-order valence-electron chi connectivity index (χ4n) is 0.947. The van der Waals surface area contributed by atoms with Gasteiger partial charge < -0.3 is 5.32 Å². The third kappa shape index (κ3) is 3.44. The van der Waals surface area contributed by atoms with E-state index >= 15 is 0 Å². The monoisotopic (exact) mass is 221 g/mol. The summed E-state index contributed by atoms with van der Waals surface area (Å²) in [6.07, 6.45) is 0.974. The highest BCUT2D eigenvalue weighted by Gasteiger charge is 2.26. The average molecular weight is 221 g/mol. The molecule has 1 fully saturated rings. The molecule has 1 saturated heterocycles. The lowest BCUT2D eigenvalue weighted by Gasteiger charge is -2.21. The Morgan fingerprint density at radius 3 is 2.93 bits per heavy atom. The van der Waals surface area contributed by atoms with E-state index in [4.69, 9.17) is 0 Å². The zero-order chi connectivity index (χ0) is 10.6. The molecule has 0 aromatic carbocycles. The minimum absolute atomic E-state index is 0.0803. The molecule has 0 spiro atoms. The molecule has 1 rings (SSSR count). The first-order chi connectivity index (χ1) is 6.53. The first-order valence-corrected chi connectivity index (χ1v) is 5.35. The Balaban J connectivity index is 2.39. The summed E-state index contributed by atoms with van der Waals surface area (Å²) in [4.78, 5) is 10.8.